The highest BCUT2D eigenvalue weighted by Crippen LogP contribution is 2.42. The first-order chi connectivity index (χ1) is 11.3. The van der Waals surface area contributed by atoms with E-state index in [1.165, 1.54) is 31.4 Å². The summed E-state index contributed by atoms with van der Waals surface area (Å²) in [6, 6.07) is 11.3. The number of hydrogen-bond acceptors (Lipinski definition) is 2. The summed E-state index contributed by atoms with van der Waals surface area (Å²) in [4.78, 5) is 7.03. The molecule has 4 rings (SSSR count). The summed E-state index contributed by atoms with van der Waals surface area (Å²) in [7, 11) is 2.11. The third kappa shape index (κ3) is 2.53. The Morgan fingerprint density at radius 1 is 1.17 bits per heavy atom. The van der Waals surface area contributed by atoms with Gasteiger partial charge in [-0.15, -0.1) is 0 Å². The quantitative estimate of drug-likeness (QED) is 0.877. The lowest BCUT2D eigenvalue weighted by Gasteiger charge is -2.33. The topological polar surface area (TPSA) is 33.1 Å². The minimum Gasteiger partial charge on any atom is -0.353 e. The van der Waals surface area contributed by atoms with Crippen molar-refractivity contribution in [3.8, 4) is 0 Å². The molecule has 1 saturated carbocycles. The summed E-state index contributed by atoms with van der Waals surface area (Å²) in [6.07, 6.45) is 9.05. The van der Waals surface area contributed by atoms with Crippen molar-refractivity contribution < 1.29 is 0 Å². The van der Waals surface area contributed by atoms with Crippen molar-refractivity contribution >= 4 is 17.3 Å². The van der Waals surface area contributed by atoms with Gasteiger partial charge in [0.1, 0.15) is 0 Å². The van der Waals surface area contributed by atoms with Crippen molar-refractivity contribution in [1.82, 2.24) is 19.8 Å². The van der Waals surface area contributed by atoms with Gasteiger partial charge in [-0.1, -0.05) is 18.9 Å². The normalized spacial score (nSPS) is 25.1. The largest absolute Gasteiger partial charge is 0.353 e. The minimum atomic E-state index is 0.109. The average Bonchev–Trinajstić information content (AvgIpc) is 3.28. The van der Waals surface area contributed by atoms with Gasteiger partial charge in [0.15, 0.2) is 5.11 Å². The zero-order valence-electron chi connectivity index (χ0n) is 13.4. The Hall–Kier alpha value is -1.88. The molecule has 2 fully saturated rings. The Morgan fingerprint density at radius 3 is 2.65 bits per heavy atom. The van der Waals surface area contributed by atoms with Gasteiger partial charge in [-0.25, -0.2) is 0 Å². The van der Waals surface area contributed by atoms with E-state index in [1.54, 1.807) is 0 Å². The van der Waals surface area contributed by atoms with Gasteiger partial charge in [-0.2, -0.15) is 0 Å². The lowest BCUT2D eigenvalue weighted by atomic mass is 10.00. The fraction of sp³-hybridized carbons (Fsp3) is 0.444. The number of aryl methyl sites for hydroxylation is 1. The zero-order chi connectivity index (χ0) is 15.8. The summed E-state index contributed by atoms with van der Waals surface area (Å²) in [5.74, 6) is 0. The van der Waals surface area contributed by atoms with Crippen LogP contribution in [0.25, 0.3) is 0 Å². The van der Waals surface area contributed by atoms with E-state index in [4.69, 9.17) is 12.2 Å². The van der Waals surface area contributed by atoms with E-state index in [9.17, 15) is 0 Å². The standard InChI is InChI=1S/C18H22N4S/c1-21-12-6-10-15(21)17-16(14-9-4-5-11-19-14)20-18(23)22(17)13-7-2-3-8-13/h4-6,9-13,16-17H,2-3,7-8H2,1H3,(H,20,23). The Balaban J connectivity index is 1.77. The molecule has 0 bridgehead atoms. The molecule has 4 nitrogen and oxygen atoms in total. The maximum Gasteiger partial charge on any atom is 0.170 e. The number of nitrogens with zero attached hydrogens (tertiary/aromatic N) is 3. The SMILES string of the molecule is Cn1cccc1C1C(c2ccccn2)NC(=S)N1C1CCCC1. The van der Waals surface area contributed by atoms with Crippen LogP contribution in [0.4, 0.5) is 0 Å². The van der Waals surface area contributed by atoms with Crippen molar-refractivity contribution in [3.63, 3.8) is 0 Å². The van der Waals surface area contributed by atoms with Crippen molar-refractivity contribution in [2.75, 3.05) is 0 Å². The van der Waals surface area contributed by atoms with Crippen LogP contribution in [-0.2, 0) is 7.05 Å². The Kier molecular flexibility index (Phi) is 3.81. The zero-order valence-corrected chi connectivity index (χ0v) is 14.2. The number of thiocarbonyl (C=S) groups is 1. The van der Waals surface area contributed by atoms with Gasteiger partial charge in [0.05, 0.1) is 17.8 Å². The summed E-state index contributed by atoms with van der Waals surface area (Å²) in [5, 5.41) is 4.42. The maximum atomic E-state index is 5.73. The first-order valence-electron chi connectivity index (χ1n) is 8.36. The van der Waals surface area contributed by atoms with Gasteiger partial charge in [-0.05, 0) is 49.3 Å². The smallest absolute Gasteiger partial charge is 0.170 e. The molecule has 1 N–H and O–H groups in total. The van der Waals surface area contributed by atoms with Crippen LogP contribution in [0.5, 0.6) is 0 Å². The summed E-state index contributed by atoms with van der Waals surface area (Å²) >= 11 is 5.73. The number of rotatable bonds is 3. The minimum absolute atomic E-state index is 0.109. The Bertz CT molecular complexity index is 690. The molecule has 5 heteroatoms. The molecule has 2 atom stereocenters. The van der Waals surface area contributed by atoms with E-state index < -0.39 is 0 Å². The molecule has 2 aromatic rings. The molecule has 2 aliphatic rings. The molecule has 23 heavy (non-hydrogen) atoms. The molecule has 1 saturated heterocycles. The van der Waals surface area contributed by atoms with E-state index in [-0.39, 0.29) is 12.1 Å². The molecule has 120 valence electrons. The number of hydrogen-bond donors (Lipinski definition) is 1. The molecule has 3 heterocycles. The third-order valence-electron chi connectivity index (χ3n) is 5.14. The third-order valence-corrected chi connectivity index (χ3v) is 5.47. The van der Waals surface area contributed by atoms with E-state index in [0.717, 1.165) is 10.8 Å². The number of nitrogens with one attached hydrogen (secondary N) is 1. The lowest BCUT2D eigenvalue weighted by Crippen LogP contribution is -2.38. The Morgan fingerprint density at radius 2 is 2.00 bits per heavy atom. The first-order valence-corrected chi connectivity index (χ1v) is 8.77. The van der Waals surface area contributed by atoms with Crippen molar-refractivity contribution in [2.45, 2.75) is 43.8 Å². The molecule has 0 aromatic carbocycles. The fourth-order valence-corrected chi connectivity index (χ4v) is 4.43. The van der Waals surface area contributed by atoms with Gasteiger partial charge < -0.3 is 14.8 Å². The molecule has 2 aromatic heterocycles. The fourth-order valence-electron chi connectivity index (χ4n) is 4.04. The van der Waals surface area contributed by atoms with E-state index in [0.29, 0.717) is 6.04 Å². The summed E-state index contributed by atoms with van der Waals surface area (Å²) < 4.78 is 2.21. The van der Waals surface area contributed by atoms with E-state index >= 15 is 0 Å². The second-order valence-corrected chi connectivity index (χ2v) is 6.90. The highest BCUT2D eigenvalue weighted by Gasteiger charge is 2.44. The van der Waals surface area contributed by atoms with Crippen molar-refractivity contribution in [2.24, 2.45) is 7.05 Å². The van der Waals surface area contributed by atoms with Crippen LogP contribution < -0.4 is 5.32 Å². The van der Waals surface area contributed by atoms with Gasteiger partial charge in [0, 0.05) is 31.2 Å². The molecule has 0 spiro atoms. The Labute approximate surface area is 142 Å². The van der Waals surface area contributed by atoms with E-state index in [2.05, 4.69) is 51.2 Å². The van der Waals surface area contributed by atoms with E-state index in [1.807, 2.05) is 18.3 Å². The van der Waals surface area contributed by atoms with Crippen LogP contribution in [0.2, 0.25) is 0 Å². The van der Waals surface area contributed by atoms with Crippen LogP contribution in [0, 0.1) is 0 Å². The monoisotopic (exact) mass is 326 g/mol. The molecule has 2 unspecified atom stereocenters. The predicted molar refractivity (Wildman–Crippen MR) is 95.0 cm³/mol. The van der Waals surface area contributed by atoms with Crippen LogP contribution in [-0.4, -0.2) is 25.6 Å². The molecule has 1 aliphatic heterocycles. The lowest BCUT2D eigenvalue weighted by molar-refractivity contribution is 0.238. The van der Waals surface area contributed by atoms with Crippen LogP contribution in [0.1, 0.15) is 49.2 Å². The maximum absolute atomic E-state index is 5.73. The van der Waals surface area contributed by atoms with Crippen LogP contribution >= 0.6 is 12.2 Å². The predicted octanol–water partition coefficient (Wildman–Crippen LogP) is 3.34. The highest BCUT2D eigenvalue weighted by molar-refractivity contribution is 7.80. The molecular weight excluding hydrogens is 304 g/mol. The molecule has 1 aliphatic carbocycles. The van der Waals surface area contributed by atoms with Crippen molar-refractivity contribution in [3.05, 3.63) is 54.1 Å². The molecule has 0 amide bonds. The first kappa shape index (κ1) is 14.7. The van der Waals surface area contributed by atoms with Crippen LogP contribution in [0.3, 0.4) is 0 Å². The van der Waals surface area contributed by atoms with Crippen LogP contribution in [0.15, 0.2) is 42.7 Å². The second-order valence-electron chi connectivity index (χ2n) is 6.52. The van der Waals surface area contributed by atoms with Gasteiger partial charge >= 0.3 is 0 Å². The average molecular weight is 326 g/mol. The number of aromatic nitrogens is 2. The molecule has 0 radical (unpaired) electrons. The summed E-state index contributed by atoms with van der Waals surface area (Å²) in [6.45, 7) is 0. The number of pyridine rings is 1. The molecular formula is C18H22N4S. The summed E-state index contributed by atoms with van der Waals surface area (Å²) in [5.41, 5.74) is 2.35. The van der Waals surface area contributed by atoms with Gasteiger partial charge in [-0.3, -0.25) is 4.98 Å². The van der Waals surface area contributed by atoms with Gasteiger partial charge in [0.25, 0.3) is 0 Å². The highest BCUT2D eigenvalue weighted by atomic mass is 32.1. The van der Waals surface area contributed by atoms with Crippen molar-refractivity contribution in [1.29, 1.82) is 0 Å². The van der Waals surface area contributed by atoms with Gasteiger partial charge in [0.2, 0.25) is 0 Å². The second kappa shape index (κ2) is 5.96.